The van der Waals surface area contributed by atoms with E-state index in [1.54, 1.807) is 6.08 Å². The first-order chi connectivity index (χ1) is 24.2. The predicted molar refractivity (Wildman–Crippen MR) is 216 cm³/mol. The molecule has 4 heteroatoms. The fraction of sp³-hybridized carbons (Fsp3) is 0.711. The van der Waals surface area contributed by atoms with Gasteiger partial charge >= 0.3 is 0 Å². The van der Waals surface area contributed by atoms with Crippen LogP contribution in [-0.2, 0) is 4.79 Å². The van der Waals surface area contributed by atoms with Gasteiger partial charge in [-0.15, -0.1) is 0 Å². The van der Waals surface area contributed by atoms with E-state index in [0.29, 0.717) is 6.42 Å². The van der Waals surface area contributed by atoms with Gasteiger partial charge in [-0.3, -0.25) is 4.79 Å². The van der Waals surface area contributed by atoms with Crippen LogP contribution in [0, 0.1) is 0 Å². The Morgan fingerprint density at radius 1 is 0.510 bits per heavy atom. The summed E-state index contributed by atoms with van der Waals surface area (Å²) in [6, 6.07) is -0.620. The summed E-state index contributed by atoms with van der Waals surface area (Å²) in [6.07, 6.45) is 57.5. The number of carbonyl (C=O) groups excluding carboxylic acids is 1. The number of unbranched alkanes of at least 4 members (excludes halogenated alkanes) is 19. The Morgan fingerprint density at radius 2 is 0.898 bits per heavy atom. The van der Waals surface area contributed by atoms with Crippen LogP contribution in [-0.4, -0.2) is 34.9 Å². The van der Waals surface area contributed by atoms with Gasteiger partial charge in [0.05, 0.1) is 18.8 Å². The normalized spacial score (nSPS) is 13.8. The quantitative estimate of drug-likeness (QED) is 0.0455. The number of nitrogens with one attached hydrogen (secondary N) is 1. The number of rotatable bonds is 36. The molecule has 0 fully saturated rings. The molecule has 2 atom stereocenters. The van der Waals surface area contributed by atoms with Gasteiger partial charge in [-0.05, 0) is 64.2 Å². The minimum atomic E-state index is -0.837. The number of aliphatic hydroxyl groups excluding tert-OH is 2. The zero-order chi connectivity index (χ0) is 35.7. The molecule has 2 unspecified atom stereocenters. The summed E-state index contributed by atoms with van der Waals surface area (Å²) in [6.45, 7) is 4.11. The van der Waals surface area contributed by atoms with Crippen molar-refractivity contribution in [3.8, 4) is 0 Å². The molecule has 0 aliphatic rings. The molecule has 0 bridgehead atoms. The molecule has 0 aromatic rings. The van der Waals surface area contributed by atoms with E-state index in [2.05, 4.69) is 79.9 Å². The molecule has 0 aliphatic heterocycles. The van der Waals surface area contributed by atoms with E-state index in [9.17, 15) is 15.0 Å². The van der Waals surface area contributed by atoms with Gasteiger partial charge in [-0.25, -0.2) is 0 Å². The Kier molecular flexibility index (Phi) is 38.5. The van der Waals surface area contributed by atoms with Crippen LogP contribution in [0.25, 0.3) is 0 Å². The number of aliphatic hydroxyl groups is 2. The highest BCUT2D eigenvalue weighted by atomic mass is 16.3. The second-order valence-corrected chi connectivity index (χ2v) is 13.7. The van der Waals surface area contributed by atoms with E-state index in [-0.39, 0.29) is 12.5 Å². The second-order valence-electron chi connectivity index (χ2n) is 13.7. The predicted octanol–water partition coefficient (Wildman–Crippen LogP) is 12.7. The number of hydrogen-bond acceptors (Lipinski definition) is 3. The molecule has 3 N–H and O–H groups in total. The van der Waals surface area contributed by atoms with Gasteiger partial charge in [0.25, 0.3) is 0 Å². The van der Waals surface area contributed by atoms with Crippen LogP contribution in [0.2, 0.25) is 0 Å². The highest BCUT2D eigenvalue weighted by molar-refractivity contribution is 5.76. The van der Waals surface area contributed by atoms with Crippen LogP contribution >= 0.6 is 0 Å². The van der Waals surface area contributed by atoms with E-state index in [0.717, 1.165) is 57.8 Å². The lowest BCUT2D eigenvalue weighted by atomic mass is 10.0. The molecule has 0 aromatic carbocycles. The lowest BCUT2D eigenvalue weighted by Gasteiger charge is -2.20. The van der Waals surface area contributed by atoms with Crippen LogP contribution in [0.15, 0.2) is 72.9 Å². The smallest absolute Gasteiger partial charge is 0.220 e. The molecule has 0 saturated heterocycles. The molecule has 0 spiro atoms. The van der Waals surface area contributed by atoms with Crippen molar-refractivity contribution >= 4 is 5.91 Å². The average Bonchev–Trinajstić information content (AvgIpc) is 3.10. The van der Waals surface area contributed by atoms with Gasteiger partial charge < -0.3 is 15.5 Å². The molecule has 49 heavy (non-hydrogen) atoms. The maximum absolute atomic E-state index is 12.3. The largest absolute Gasteiger partial charge is 0.394 e. The summed E-state index contributed by atoms with van der Waals surface area (Å²) in [4.78, 5) is 12.3. The van der Waals surface area contributed by atoms with Crippen LogP contribution in [0.5, 0.6) is 0 Å². The first-order valence-corrected chi connectivity index (χ1v) is 20.7. The van der Waals surface area contributed by atoms with Crippen molar-refractivity contribution in [1.29, 1.82) is 0 Å². The molecule has 0 radical (unpaired) electrons. The Bertz CT molecular complexity index is 868. The summed E-state index contributed by atoms with van der Waals surface area (Å²) < 4.78 is 0. The Labute approximate surface area is 304 Å². The third-order valence-corrected chi connectivity index (χ3v) is 8.95. The maximum Gasteiger partial charge on any atom is 0.220 e. The van der Waals surface area contributed by atoms with Crippen molar-refractivity contribution in [3.63, 3.8) is 0 Å². The molecular formula is C45H79NO3. The van der Waals surface area contributed by atoms with Gasteiger partial charge in [0.2, 0.25) is 5.91 Å². The van der Waals surface area contributed by atoms with Gasteiger partial charge in [0.15, 0.2) is 0 Å². The van der Waals surface area contributed by atoms with E-state index in [4.69, 9.17) is 0 Å². The summed E-state index contributed by atoms with van der Waals surface area (Å²) in [5, 5.41) is 22.7. The topological polar surface area (TPSA) is 69.6 Å². The first kappa shape index (κ1) is 46.8. The third-order valence-electron chi connectivity index (χ3n) is 8.95. The molecule has 0 aliphatic carbocycles. The van der Waals surface area contributed by atoms with Crippen molar-refractivity contribution < 1.29 is 15.0 Å². The maximum atomic E-state index is 12.3. The molecule has 0 aromatic heterocycles. The SMILES string of the molecule is CC/C=C\C/C=C\C/C=C\C/C=C\C/C=C\CCCCCCCCCCCCCCCCCC(=O)NC(CO)C(O)/C=C/CCCCCC. The fourth-order valence-corrected chi connectivity index (χ4v) is 5.79. The highest BCUT2D eigenvalue weighted by Gasteiger charge is 2.17. The van der Waals surface area contributed by atoms with E-state index < -0.39 is 12.1 Å². The average molecular weight is 682 g/mol. The van der Waals surface area contributed by atoms with Crippen molar-refractivity contribution in [2.24, 2.45) is 0 Å². The molecule has 282 valence electrons. The van der Waals surface area contributed by atoms with Gasteiger partial charge in [-0.2, -0.15) is 0 Å². The van der Waals surface area contributed by atoms with Crippen molar-refractivity contribution in [1.82, 2.24) is 5.32 Å². The highest BCUT2D eigenvalue weighted by Crippen LogP contribution is 2.14. The standard InChI is InChI=1S/C45H79NO3/c1-3-5-7-9-11-12-13-14-15-16-17-18-19-20-21-22-23-24-25-26-27-28-29-30-31-32-33-34-35-37-39-41-45(49)46-43(42-47)44(48)40-38-36-10-8-6-4-2/h5,7,11-12,14-15,17-18,20-21,38,40,43-44,47-48H,3-4,6,8-10,13,16,19,22-37,39,41-42H2,1-2H3,(H,46,49)/b7-5-,12-11-,15-14-,18-17-,21-20-,40-38+. The van der Waals surface area contributed by atoms with E-state index in [1.807, 2.05) is 6.08 Å². The zero-order valence-electron chi connectivity index (χ0n) is 32.2. The Hall–Kier alpha value is -2.17. The number of allylic oxidation sites excluding steroid dienone is 11. The molecule has 1 amide bonds. The summed E-state index contributed by atoms with van der Waals surface area (Å²) in [5.41, 5.74) is 0. The number of hydrogen-bond donors (Lipinski definition) is 3. The van der Waals surface area contributed by atoms with Crippen molar-refractivity contribution in [2.45, 2.75) is 199 Å². The minimum absolute atomic E-state index is 0.0733. The van der Waals surface area contributed by atoms with Crippen LogP contribution in [0.4, 0.5) is 0 Å². The van der Waals surface area contributed by atoms with Crippen LogP contribution in [0.3, 0.4) is 0 Å². The monoisotopic (exact) mass is 682 g/mol. The Morgan fingerprint density at radius 3 is 1.35 bits per heavy atom. The van der Waals surface area contributed by atoms with Crippen molar-refractivity contribution in [3.05, 3.63) is 72.9 Å². The molecular weight excluding hydrogens is 602 g/mol. The molecule has 0 heterocycles. The zero-order valence-corrected chi connectivity index (χ0v) is 32.2. The molecule has 4 nitrogen and oxygen atoms in total. The first-order valence-electron chi connectivity index (χ1n) is 20.7. The Balaban J connectivity index is 3.47. The lowest BCUT2D eigenvalue weighted by molar-refractivity contribution is -0.123. The minimum Gasteiger partial charge on any atom is -0.394 e. The third kappa shape index (κ3) is 36.9. The van der Waals surface area contributed by atoms with Gasteiger partial charge in [-0.1, -0.05) is 189 Å². The van der Waals surface area contributed by atoms with Gasteiger partial charge in [0.1, 0.15) is 0 Å². The fourth-order valence-electron chi connectivity index (χ4n) is 5.79. The number of carbonyl (C=O) groups is 1. The van der Waals surface area contributed by atoms with E-state index in [1.165, 1.54) is 109 Å². The molecule has 0 saturated carbocycles. The summed E-state index contributed by atoms with van der Waals surface area (Å²) in [5.74, 6) is -0.0733. The molecule has 0 rings (SSSR count). The summed E-state index contributed by atoms with van der Waals surface area (Å²) in [7, 11) is 0. The summed E-state index contributed by atoms with van der Waals surface area (Å²) >= 11 is 0. The van der Waals surface area contributed by atoms with Crippen LogP contribution in [0.1, 0.15) is 187 Å². The second kappa shape index (κ2) is 40.3. The van der Waals surface area contributed by atoms with Crippen LogP contribution < -0.4 is 5.32 Å². The number of amides is 1. The van der Waals surface area contributed by atoms with E-state index >= 15 is 0 Å². The van der Waals surface area contributed by atoms with Crippen molar-refractivity contribution in [2.75, 3.05) is 6.61 Å². The lowest BCUT2D eigenvalue weighted by Crippen LogP contribution is -2.45. The van der Waals surface area contributed by atoms with Gasteiger partial charge in [0, 0.05) is 6.42 Å².